The summed E-state index contributed by atoms with van der Waals surface area (Å²) in [6.45, 7) is 0. The Morgan fingerprint density at radius 1 is 0.900 bits per heavy atom. The summed E-state index contributed by atoms with van der Waals surface area (Å²) in [5.74, 6) is 0. The van der Waals surface area contributed by atoms with Crippen molar-refractivity contribution in [3.8, 4) is 0 Å². The summed E-state index contributed by atoms with van der Waals surface area (Å²) in [5, 5.41) is 0. The first-order chi connectivity index (χ1) is 3.71. The summed E-state index contributed by atoms with van der Waals surface area (Å²) in [6, 6.07) is 0. The Morgan fingerprint density at radius 2 is 1.10 bits per heavy atom. The van der Waals surface area contributed by atoms with Crippen LogP contribution < -0.4 is 0 Å². The molecule has 0 saturated carbocycles. The normalized spacial score (nSPS) is 12.4. The second-order valence-electron chi connectivity index (χ2n) is 1.06. The first-order valence-corrected chi connectivity index (χ1v) is 4.59. The van der Waals surface area contributed by atoms with Crippen LogP contribution in [0.5, 0.6) is 0 Å². The molecular weight excluding hydrogens is 259 g/mol. The predicted molar refractivity (Wildman–Crippen MR) is 32.3 cm³/mol. The van der Waals surface area contributed by atoms with E-state index >= 15 is 0 Å². The molecule has 0 aliphatic rings. The van der Waals surface area contributed by atoms with Gasteiger partial charge in [-0.3, -0.25) is 0 Å². The third-order valence-electron chi connectivity index (χ3n) is 0.213. The monoisotopic (exact) mass is 264 g/mol. The molecule has 10 heteroatoms. The zero-order valence-corrected chi connectivity index (χ0v) is 5.70. The fraction of sp³-hybridized carbons (Fsp3) is 0. The molecule has 0 atom stereocenters. The van der Waals surface area contributed by atoms with Gasteiger partial charge in [-0.15, -0.1) is 0 Å². The summed E-state index contributed by atoms with van der Waals surface area (Å²) < 4.78 is 22.2. The summed E-state index contributed by atoms with van der Waals surface area (Å²) in [6.07, 6.45) is 0. The third-order valence-corrected chi connectivity index (χ3v) is 1.91. The molecule has 0 amide bonds. The van der Waals surface area contributed by atoms with Crippen LogP contribution in [0.2, 0.25) is 0 Å². The van der Waals surface area contributed by atoms with Crippen LogP contribution in [0.3, 0.4) is 0 Å². The molecule has 0 bridgehead atoms. The zero-order chi connectivity index (χ0) is 7.71. The van der Waals surface area contributed by atoms with E-state index in [1.54, 1.807) is 0 Å². The number of rotatable bonds is 2. The molecule has 0 aliphatic heterocycles. The Balaban J connectivity index is 0. The van der Waals surface area contributed by atoms with Gasteiger partial charge < -0.3 is 19.6 Å². The Morgan fingerprint density at radius 3 is 1.10 bits per heavy atom. The van der Waals surface area contributed by atoms with Crippen LogP contribution in [-0.2, 0) is 13.4 Å². The van der Waals surface area contributed by atoms with E-state index in [2.05, 4.69) is 4.31 Å². The molecule has 0 rings (SSSR count). The third kappa shape index (κ3) is 12.7. The van der Waals surface area contributed by atoms with Gasteiger partial charge in [0.2, 0.25) is 0 Å². The Labute approximate surface area is 105 Å². The molecule has 0 fully saturated rings. The average Bonchev–Trinajstić information content (AvgIpc) is 1.14. The molecule has 0 aromatic rings. The van der Waals surface area contributed by atoms with Crippen molar-refractivity contribution < 1.29 is 33.0 Å². The first kappa shape index (κ1) is 14.6. The fourth-order valence-corrected chi connectivity index (χ4v) is 1.25. The molecule has 4 N–H and O–H groups in total. The second kappa shape index (κ2) is 4.94. The van der Waals surface area contributed by atoms with Crippen LogP contribution in [0.4, 0.5) is 0 Å². The predicted octanol–water partition coefficient (Wildman–Crippen LogP) is -1.46. The Bertz CT molecular complexity index is 152. The number of hydrogen-bond donors (Lipinski definition) is 4. The summed E-state index contributed by atoms with van der Waals surface area (Å²) in [7, 11) is -10.1. The first-order valence-electron chi connectivity index (χ1n) is 1.53. The van der Waals surface area contributed by atoms with Crippen molar-refractivity contribution in [3.05, 3.63) is 0 Å². The van der Waals surface area contributed by atoms with Gasteiger partial charge in [0.1, 0.15) is 0 Å². The number of hydrogen-bond acceptors (Lipinski definition) is 3. The van der Waals surface area contributed by atoms with Crippen molar-refractivity contribution in [2.45, 2.75) is 0 Å². The Hall–Kier alpha value is 2.07. The molecule has 58 valence electrons. The summed E-state index contributed by atoms with van der Waals surface area (Å²) in [4.78, 5) is 31.0. The van der Waals surface area contributed by atoms with E-state index < -0.39 is 15.6 Å². The summed E-state index contributed by atoms with van der Waals surface area (Å²) in [5.41, 5.74) is 0. The molecule has 0 unspecified atom stereocenters. The molecule has 0 saturated heterocycles. The molecule has 7 nitrogen and oxygen atoms in total. The minimum absolute atomic E-state index is 0. The van der Waals surface area contributed by atoms with E-state index in [1.807, 2.05) is 0 Å². The van der Waals surface area contributed by atoms with E-state index in [0.717, 1.165) is 0 Å². The maximum atomic E-state index is 9.63. The molecule has 10 heavy (non-hydrogen) atoms. The fourth-order valence-electron chi connectivity index (χ4n) is 0.139. The SMILES string of the molecule is O=P(O)(O)OP(=O)(O)O.[RbH]. The van der Waals surface area contributed by atoms with Crippen molar-refractivity contribution in [1.29, 1.82) is 0 Å². The molecule has 0 heterocycles. The van der Waals surface area contributed by atoms with Crippen LogP contribution in [0, 0.1) is 0 Å². The van der Waals surface area contributed by atoms with Gasteiger partial charge in [0.15, 0.2) is 0 Å². The average molecular weight is 264 g/mol. The van der Waals surface area contributed by atoms with Crippen LogP contribution >= 0.6 is 15.6 Å². The molecular formula is H5O7P2Rb. The van der Waals surface area contributed by atoms with Gasteiger partial charge in [0.05, 0.1) is 0 Å². The van der Waals surface area contributed by atoms with Crippen molar-refractivity contribution >= 4 is 73.8 Å². The number of phosphoric acid groups is 2. The summed E-state index contributed by atoms with van der Waals surface area (Å²) >= 11 is 0. The quantitative estimate of drug-likeness (QED) is 0.449. The van der Waals surface area contributed by atoms with Crippen molar-refractivity contribution in [1.82, 2.24) is 0 Å². The van der Waals surface area contributed by atoms with Crippen molar-refractivity contribution in [3.63, 3.8) is 0 Å². The van der Waals surface area contributed by atoms with Gasteiger partial charge >= 0.3 is 73.8 Å². The van der Waals surface area contributed by atoms with E-state index in [9.17, 15) is 9.13 Å². The molecule has 0 aromatic heterocycles. The van der Waals surface area contributed by atoms with Gasteiger partial charge in [-0.25, -0.2) is 9.13 Å². The van der Waals surface area contributed by atoms with Gasteiger partial charge in [-0.2, -0.15) is 4.31 Å². The van der Waals surface area contributed by atoms with E-state index in [0.29, 0.717) is 0 Å². The van der Waals surface area contributed by atoms with E-state index in [1.165, 1.54) is 0 Å². The minimum atomic E-state index is -5.05. The van der Waals surface area contributed by atoms with Crippen molar-refractivity contribution in [2.24, 2.45) is 0 Å². The van der Waals surface area contributed by atoms with Gasteiger partial charge in [-0.05, 0) is 0 Å². The van der Waals surface area contributed by atoms with Crippen LogP contribution in [0.15, 0.2) is 0 Å². The van der Waals surface area contributed by atoms with E-state index in [4.69, 9.17) is 19.6 Å². The van der Waals surface area contributed by atoms with Crippen LogP contribution in [0.25, 0.3) is 0 Å². The molecule has 0 aliphatic carbocycles. The van der Waals surface area contributed by atoms with Crippen LogP contribution in [-0.4, -0.2) is 77.8 Å². The standard InChI is InChI=1S/H4O7P2.Rb.H/c1-8(2,3)7-9(4,5)6;;/h(H2,1,2,3)(H2,4,5,6);;. The topological polar surface area (TPSA) is 124 Å². The van der Waals surface area contributed by atoms with Crippen molar-refractivity contribution in [2.75, 3.05) is 0 Å². The maximum absolute atomic E-state index is 9.63. The van der Waals surface area contributed by atoms with Gasteiger partial charge in [0.25, 0.3) is 0 Å². The van der Waals surface area contributed by atoms with Crippen LogP contribution in [0.1, 0.15) is 0 Å². The molecule has 0 aromatic carbocycles. The van der Waals surface area contributed by atoms with E-state index in [-0.39, 0.29) is 58.2 Å². The molecule has 0 spiro atoms. The second-order valence-corrected chi connectivity index (χ2v) is 3.68. The van der Waals surface area contributed by atoms with Gasteiger partial charge in [-0.1, -0.05) is 0 Å². The molecule has 0 radical (unpaired) electrons. The van der Waals surface area contributed by atoms with Gasteiger partial charge in [0, 0.05) is 0 Å². The zero-order valence-electron chi connectivity index (χ0n) is 3.91. The Kier molecular flexibility index (Phi) is 7.20.